The van der Waals surface area contributed by atoms with Crippen LogP contribution in [-0.4, -0.2) is 18.8 Å². The van der Waals surface area contributed by atoms with Crippen molar-refractivity contribution < 1.29 is 9.84 Å². The Morgan fingerprint density at radius 2 is 2.13 bits per heavy atom. The normalized spacial score (nSPS) is 17.5. The molecular weight excluding hydrogens is 190 g/mol. The number of rotatable bonds is 3. The van der Waals surface area contributed by atoms with E-state index in [0.717, 1.165) is 24.0 Å². The Kier molecular flexibility index (Phi) is 2.35. The van der Waals surface area contributed by atoms with E-state index in [-0.39, 0.29) is 11.2 Å². The SMILES string of the molecule is COc1c(O)ccc(C)c1C1(CN)CC1. The number of aryl methyl sites for hydroxylation is 1. The third-order valence-corrected chi connectivity index (χ3v) is 3.32. The van der Waals surface area contributed by atoms with Crippen molar-refractivity contribution in [2.75, 3.05) is 13.7 Å². The van der Waals surface area contributed by atoms with Gasteiger partial charge in [-0.05, 0) is 31.4 Å². The lowest BCUT2D eigenvalue weighted by Crippen LogP contribution is -2.21. The molecule has 0 aliphatic heterocycles. The third-order valence-electron chi connectivity index (χ3n) is 3.32. The van der Waals surface area contributed by atoms with Crippen LogP contribution in [0.15, 0.2) is 12.1 Å². The molecule has 82 valence electrons. The quantitative estimate of drug-likeness (QED) is 0.793. The zero-order valence-electron chi connectivity index (χ0n) is 9.21. The van der Waals surface area contributed by atoms with Crippen LogP contribution in [0.4, 0.5) is 0 Å². The highest BCUT2D eigenvalue weighted by Crippen LogP contribution is 2.53. The number of aromatic hydroxyl groups is 1. The minimum absolute atomic E-state index is 0.0498. The lowest BCUT2D eigenvalue weighted by atomic mass is 9.90. The smallest absolute Gasteiger partial charge is 0.164 e. The predicted octanol–water partition coefficient (Wildman–Crippen LogP) is 1.70. The molecule has 3 nitrogen and oxygen atoms in total. The van der Waals surface area contributed by atoms with Gasteiger partial charge in [-0.1, -0.05) is 6.07 Å². The standard InChI is InChI=1S/C12H17NO2/c1-8-3-4-9(14)11(15-2)10(8)12(7-13)5-6-12/h3-4,14H,5-7,13H2,1-2H3. The fourth-order valence-corrected chi connectivity index (χ4v) is 2.24. The third kappa shape index (κ3) is 1.47. The molecule has 15 heavy (non-hydrogen) atoms. The van der Waals surface area contributed by atoms with Gasteiger partial charge in [0, 0.05) is 17.5 Å². The van der Waals surface area contributed by atoms with Crippen LogP contribution in [0.2, 0.25) is 0 Å². The average Bonchev–Trinajstić information content (AvgIpc) is 3.01. The first-order valence-electron chi connectivity index (χ1n) is 5.22. The highest BCUT2D eigenvalue weighted by molar-refractivity contribution is 5.55. The summed E-state index contributed by atoms with van der Waals surface area (Å²) in [5.41, 5.74) is 8.09. The molecule has 0 radical (unpaired) electrons. The molecule has 0 amide bonds. The molecule has 1 aromatic carbocycles. The van der Waals surface area contributed by atoms with Crippen LogP contribution in [0.1, 0.15) is 24.0 Å². The molecule has 0 atom stereocenters. The Labute approximate surface area is 89.9 Å². The van der Waals surface area contributed by atoms with Gasteiger partial charge in [0.15, 0.2) is 11.5 Å². The van der Waals surface area contributed by atoms with Gasteiger partial charge in [0.1, 0.15) is 0 Å². The van der Waals surface area contributed by atoms with Crippen LogP contribution in [0, 0.1) is 6.92 Å². The minimum Gasteiger partial charge on any atom is -0.504 e. The van der Waals surface area contributed by atoms with Crippen LogP contribution in [-0.2, 0) is 5.41 Å². The van der Waals surface area contributed by atoms with Crippen LogP contribution in [0.3, 0.4) is 0 Å². The molecular formula is C12H17NO2. The van der Waals surface area contributed by atoms with Crippen LogP contribution >= 0.6 is 0 Å². The molecule has 0 unspecified atom stereocenters. The monoisotopic (exact) mass is 207 g/mol. The maximum absolute atomic E-state index is 9.74. The van der Waals surface area contributed by atoms with Crippen molar-refractivity contribution in [3.05, 3.63) is 23.3 Å². The van der Waals surface area contributed by atoms with Gasteiger partial charge in [-0.15, -0.1) is 0 Å². The summed E-state index contributed by atoms with van der Waals surface area (Å²) in [5, 5.41) is 9.74. The van der Waals surface area contributed by atoms with Crippen molar-refractivity contribution in [1.82, 2.24) is 0 Å². The molecule has 3 N–H and O–H groups in total. The van der Waals surface area contributed by atoms with Gasteiger partial charge >= 0.3 is 0 Å². The Balaban J connectivity index is 2.58. The summed E-state index contributed by atoms with van der Waals surface area (Å²) in [4.78, 5) is 0. The lowest BCUT2D eigenvalue weighted by molar-refractivity contribution is 0.364. The summed E-state index contributed by atoms with van der Waals surface area (Å²) in [6.45, 7) is 2.65. The highest BCUT2D eigenvalue weighted by atomic mass is 16.5. The zero-order chi connectivity index (χ0) is 11.1. The molecule has 3 heteroatoms. The maximum Gasteiger partial charge on any atom is 0.164 e. The van der Waals surface area contributed by atoms with Crippen molar-refractivity contribution in [2.24, 2.45) is 5.73 Å². The molecule has 1 aliphatic carbocycles. The summed E-state index contributed by atoms with van der Waals surface area (Å²) in [5.74, 6) is 0.802. The first-order valence-corrected chi connectivity index (χ1v) is 5.22. The number of ether oxygens (including phenoxy) is 1. The lowest BCUT2D eigenvalue weighted by Gasteiger charge is -2.20. The van der Waals surface area contributed by atoms with E-state index in [1.165, 1.54) is 0 Å². The van der Waals surface area contributed by atoms with E-state index in [1.54, 1.807) is 13.2 Å². The van der Waals surface area contributed by atoms with Crippen molar-refractivity contribution >= 4 is 0 Å². The summed E-state index contributed by atoms with van der Waals surface area (Å²) >= 11 is 0. The topological polar surface area (TPSA) is 55.5 Å². The summed E-state index contributed by atoms with van der Waals surface area (Å²) < 4.78 is 5.28. The minimum atomic E-state index is 0.0498. The van der Waals surface area contributed by atoms with E-state index >= 15 is 0 Å². The Bertz CT molecular complexity index is 383. The van der Waals surface area contributed by atoms with Crippen molar-refractivity contribution in [2.45, 2.75) is 25.2 Å². The maximum atomic E-state index is 9.74. The largest absolute Gasteiger partial charge is 0.504 e. The number of benzene rings is 1. The van der Waals surface area contributed by atoms with Gasteiger partial charge in [0.25, 0.3) is 0 Å². The highest BCUT2D eigenvalue weighted by Gasteiger charge is 2.46. The first-order chi connectivity index (χ1) is 7.14. The Morgan fingerprint density at radius 1 is 1.47 bits per heavy atom. The molecule has 1 saturated carbocycles. The number of phenols is 1. The Morgan fingerprint density at radius 3 is 2.60 bits per heavy atom. The fraction of sp³-hybridized carbons (Fsp3) is 0.500. The van der Waals surface area contributed by atoms with E-state index in [4.69, 9.17) is 10.5 Å². The summed E-state index contributed by atoms with van der Waals surface area (Å²) in [6, 6.07) is 3.59. The van der Waals surface area contributed by atoms with Gasteiger partial charge in [-0.25, -0.2) is 0 Å². The number of nitrogens with two attached hydrogens (primary N) is 1. The van der Waals surface area contributed by atoms with E-state index in [2.05, 4.69) is 0 Å². The van der Waals surface area contributed by atoms with Crippen molar-refractivity contribution in [1.29, 1.82) is 0 Å². The second kappa shape index (κ2) is 3.42. The molecule has 1 aromatic rings. The molecule has 0 bridgehead atoms. The number of hydrogen-bond donors (Lipinski definition) is 2. The Hall–Kier alpha value is -1.22. The van der Waals surface area contributed by atoms with Crippen LogP contribution < -0.4 is 10.5 Å². The fourth-order valence-electron chi connectivity index (χ4n) is 2.24. The second-order valence-electron chi connectivity index (χ2n) is 4.29. The average molecular weight is 207 g/mol. The van der Waals surface area contributed by atoms with Gasteiger partial charge in [-0.3, -0.25) is 0 Å². The molecule has 0 spiro atoms. The second-order valence-corrected chi connectivity index (χ2v) is 4.29. The van der Waals surface area contributed by atoms with Crippen LogP contribution in [0.25, 0.3) is 0 Å². The van der Waals surface area contributed by atoms with Gasteiger partial charge in [0.2, 0.25) is 0 Å². The molecule has 1 aliphatic rings. The molecule has 0 saturated heterocycles. The zero-order valence-corrected chi connectivity index (χ0v) is 9.21. The van der Waals surface area contributed by atoms with Crippen molar-refractivity contribution in [3.63, 3.8) is 0 Å². The van der Waals surface area contributed by atoms with Gasteiger partial charge < -0.3 is 15.6 Å². The molecule has 1 fully saturated rings. The van der Waals surface area contributed by atoms with E-state index in [1.807, 2.05) is 13.0 Å². The van der Waals surface area contributed by atoms with Gasteiger partial charge in [-0.2, -0.15) is 0 Å². The predicted molar refractivity (Wildman–Crippen MR) is 59.4 cm³/mol. The summed E-state index contributed by atoms with van der Waals surface area (Å²) in [7, 11) is 1.59. The van der Waals surface area contributed by atoms with E-state index in [0.29, 0.717) is 12.3 Å². The van der Waals surface area contributed by atoms with E-state index < -0.39 is 0 Å². The van der Waals surface area contributed by atoms with Crippen LogP contribution in [0.5, 0.6) is 11.5 Å². The first kappa shape index (κ1) is 10.3. The molecule has 2 rings (SSSR count). The summed E-state index contributed by atoms with van der Waals surface area (Å²) in [6.07, 6.45) is 2.17. The number of phenolic OH excluding ortho intramolecular Hbond substituents is 1. The number of methoxy groups -OCH3 is 1. The van der Waals surface area contributed by atoms with E-state index in [9.17, 15) is 5.11 Å². The van der Waals surface area contributed by atoms with Crippen molar-refractivity contribution in [3.8, 4) is 11.5 Å². The number of hydrogen-bond acceptors (Lipinski definition) is 3. The molecule has 0 heterocycles. The molecule has 0 aromatic heterocycles. The van der Waals surface area contributed by atoms with Gasteiger partial charge in [0.05, 0.1) is 7.11 Å².